The van der Waals surface area contributed by atoms with Crippen molar-refractivity contribution in [3.05, 3.63) is 29.2 Å². The molecule has 2 amide bonds. The van der Waals surface area contributed by atoms with Gasteiger partial charge in [0.15, 0.2) is 0 Å². The quantitative estimate of drug-likeness (QED) is 0.571. The van der Waals surface area contributed by atoms with Crippen LogP contribution in [0.4, 0.5) is 15.3 Å². The summed E-state index contributed by atoms with van der Waals surface area (Å²) in [6, 6.07) is 3.39. The molecule has 0 unspecified atom stereocenters. The second-order valence-electron chi connectivity index (χ2n) is 6.55. The van der Waals surface area contributed by atoms with Crippen LogP contribution in [0.3, 0.4) is 0 Å². The maximum atomic E-state index is 12.0. The highest BCUT2D eigenvalue weighted by Crippen LogP contribution is 2.17. The van der Waals surface area contributed by atoms with Gasteiger partial charge >= 0.3 is 18.2 Å². The zero-order valence-electron chi connectivity index (χ0n) is 15.8. The Morgan fingerprint density at radius 1 is 1.04 bits per heavy atom. The number of nitrogens with zero attached hydrogens (tertiary/aromatic N) is 1. The molecule has 0 radical (unpaired) electrons. The number of amides is 2. The van der Waals surface area contributed by atoms with Gasteiger partial charge < -0.3 is 24.8 Å². The number of esters is 1. The van der Waals surface area contributed by atoms with Gasteiger partial charge in [0.2, 0.25) is 0 Å². The fraction of sp³-hybridized carbons (Fsp3) is 0.471. The Kier molecular flexibility index (Phi) is 7.70. The summed E-state index contributed by atoms with van der Waals surface area (Å²) >= 11 is 0. The van der Waals surface area contributed by atoms with Crippen LogP contribution < -0.4 is 15.4 Å². The average Bonchev–Trinajstić information content (AvgIpc) is 2.57. The van der Waals surface area contributed by atoms with Gasteiger partial charge in [0.05, 0.1) is 13.2 Å². The van der Waals surface area contributed by atoms with Gasteiger partial charge in [-0.25, -0.2) is 14.4 Å². The molecule has 1 aromatic rings. The number of ether oxygens (including phenoxy) is 3. The summed E-state index contributed by atoms with van der Waals surface area (Å²) in [4.78, 5) is 46.2. The van der Waals surface area contributed by atoms with Gasteiger partial charge in [0.25, 0.3) is 0 Å². The van der Waals surface area contributed by atoms with Crippen LogP contribution in [0.5, 0.6) is 5.75 Å². The lowest BCUT2D eigenvalue weighted by Gasteiger charge is -2.26. The molecule has 0 aliphatic heterocycles. The third-order valence-electron chi connectivity index (χ3n) is 3.13. The van der Waals surface area contributed by atoms with E-state index in [0.29, 0.717) is 0 Å². The van der Waals surface area contributed by atoms with Crippen LogP contribution in [0, 0.1) is 4.91 Å². The highest BCUT2D eigenvalue weighted by atomic mass is 16.6. The fourth-order valence-corrected chi connectivity index (χ4v) is 1.93. The predicted octanol–water partition coefficient (Wildman–Crippen LogP) is 2.63. The molecule has 0 aliphatic carbocycles. The normalized spacial score (nSPS) is 12.9. The van der Waals surface area contributed by atoms with E-state index in [1.807, 2.05) is 0 Å². The first kappa shape index (κ1) is 21.9. The number of benzene rings is 1. The molecular weight excluding hydrogens is 358 g/mol. The SMILES string of the molecule is COC(=O)[C@@H](NC(=O)Oc1ccc(N=O)cc1)[C@@H](C)NC(=O)OC(C)(C)C. The van der Waals surface area contributed by atoms with Crippen molar-refractivity contribution in [2.75, 3.05) is 7.11 Å². The highest BCUT2D eigenvalue weighted by Gasteiger charge is 2.31. The van der Waals surface area contributed by atoms with Crippen molar-refractivity contribution in [3.63, 3.8) is 0 Å². The molecule has 1 rings (SSSR count). The lowest BCUT2D eigenvalue weighted by Crippen LogP contribution is -2.55. The molecule has 0 fully saturated rings. The Balaban J connectivity index is 2.74. The Bertz CT molecular complexity index is 683. The maximum absolute atomic E-state index is 12.0. The molecule has 148 valence electrons. The number of alkyl carbamates (subject to hydrolysis) is 1. The molecule has 2 N–H and O–H groups in total. The summed E-state index contributed by atoms with van der Waals surface area (Å²) in [7, 11) is 1.15. The molecule has 0 heterocycles. The van der Waals surface area contributed by atoms with Crippen molar-refractivity contribution in [2.45, 2.75) is 45.4 Å². The van der Waals surface area contributed by atoms with Crippen molar-refractivity contribution in [2.24, 2.45) is 5.18 Å². The van der Waals surface area contributed by atoms with E-state index in [-0.39, 0.29) is 11.4 Å². The highest BCUT2D eigenvalue weighted by molar-refractivity contribution is 5.83. The van der Waals surface area contributed by atoms with Crippen LogP contribution in [-0.2, 0) is 14.3 Å². The second-order valence-corrected chi connectivity index (χ2v) is 6.55. The molecule has 10 nitrogen and oxygen atoms in total. The summed E-state index contributed by atoms with van der Waals surface area (Å²) in [6.45, 7) is 6.57. The fourth-order valence-electron chi connectivity index (χ4n) is 1.93. The third-order valence-corrected chi connectivity index (χ3v) is 3.13. The molecule has 0 aromatic heterocycles. The first-order valence-electron chi connectivity index (χ1n) is 8.05. The molecule has 1 aromatic carbocycles. The van der Waals surface area contributed by atoms with Crippen molar-refractivity contribution < 1.29 is 28.6 Å². The topological polar surface area (TPSA) is 132 Å². The number of hydrogen-bond donors (Lipinski definition) is 2. The molecule has 0 aliphatic rings. The van der Waals surface area contributed by atoms with E-state index in [1.54, 1.807) is 20.8 Å². The number of methoxy groups -OCH3 is 1. The van der Waals surface area contributed by atoms with E-state index >= 15 is 0 Å². The molecule has 0 bridgehead atoms. The lowest BCUT2D eigenvalue weighted by atomic mass is 10.1. The van der Waals surface area contributed by atoms with E-state index in [1.165, 1.54) is 31.2 Å². The Hall–Kier alpha value is -3.17. The van der Waals surface area contributed by atoms with E-state index in [9.17, 15) is 19.3 Å². The van der Waals surface area contributed by atoms with Gasteiger partial charge in [0.1, 0.15) is 23.1 Å². The summed E-state index contributed by atoms with van der Waals surface area (Å²) in [5, 5.41) is 7.51. The van der Waals surface area contributed by atoms with Crippen molar-refractivity contribution in [3.8, 4) is 5.75 Å². The second kappa shape index (κ2) is 9.51. The first-order valence-corrected chi connectivity index (χ1v) is 8.05. The molecule has 2 atom stereocenters. The summed E-state index contributed by atoms with van der Waals surface area (Å²) in [6.07, 6.45) is -1.70. The first-order chi connectivity index (χ1) is 12.6. The zero-order valence-corrected chi connectivity index (χ0v) is 15.8. The van der Waals surface area contributed by atoms with Crippen LogP contribution in [-0.4, -0.2) is 43.0 Å². The van der Waals surface area contributed by atoms with Gasteiger partial charge in [-0.3, -0.25) is 0 Å². The van der Waals surface area contributed by atoms with Gasteiger partial charge in [-0.1, -0.05) is 0 Å². The molecule has 0 saturated carbocycles. The van der Waals surface area contributed by atoms with Crippen molar-refractivity contribution in [1.29, 1.82) is 0 Å². The largest absolute Gasteiger partial charge is 0.467 e. The van der Waals surface area contributed by atoms with Crippen LogP contribution in [0.25, 0.3) is 0 Å². The number of nitroso groups, excluding NO2 is 1. The lowest BCUT2D eigenvalue weighted by molar-refractivity contribution is -0.143. The van der Waals surface area contributed by atoms with Gasteiger partial charge in [0, 0.05) is 0 Å². The summed E-state index contributed by atoms with van der Waals surface area (Å²) in [5.74, 6) is -0.646. The molecule has 27 heavy (non-hydrogen) atoms. The smallest absolute Gasteiger partial charge is 0.413 e. The number of carbonyl (C=O) groups excluding carboxylic acids is 3. The Morgan fingerprint density at radius 3 is 2.11 bits per heavy atom. The van der Waals surface area contributed by atoms with Crippen molar-refractivity contribution >= 4 is 23.8 Å². The number of nitrogens with one attached hydrogen (secondary N) is 2. The van der Waals surface area contributed by atoms with E-state index in [2.05, 4.69) is 20.5 Å². The molecule has 0 saturated heterocycles. The maximum Gasteiger partial charge on any atom is 0.413 e. The monoisotopic (exact) mass is 381 g/mol. The van der Waals surface area contributed by atoms with Crippen LogP contribution in [0.1, 0.15) is 27.7 Å². The third kappa shape index (κ3) is 7.72. The van der Waals surface area contributed by atoms with Gasteiger partial charge in [-0.2, -0.15) is 0 Å². The molecular formula is C17H23N3O7. The predicted molar refractivity (Wildman–Crippen MR) is 95.7 cm³/mol. The van der Waals surface area contributed by atoms with Crippen LogP contribution in [0.15, 0.2) is 29.4 Å². The number of carbonyl (C=O) groups is 3. The summed E-state index contributed by atoms with van der Waals surface area (Å²) < 4.78 is 14.8. The minimum absolute atomic E-state index is 0.135. The molecule has 10 heteroatoms. The number of rotatable bonds is 6. The minimum atomic E-state index is -1.22. The van der Waals surface area contributed by atoms with E-state index in [0.717, 1.165) is 7.11 Å². The Labute approximate surface area is 156 Å². The van der Waals surface area contributed by atoms with Gasteiger partial charge in [-0.15, -0.1) is 4.91 Å². The van der Waals surface area contributed by atoms with Crippen molar-refractivity contribution in [1.82, 2.24) is 10.6 Å². The standard InChI is InChI=1S/C17H23N3O7/c1-10(18-16(23)27-17(2,3)4)13(14(21)25-5)19-15(22)26-12-8-6-11(20-24)7-9-12/h6-10,13H,1-5H3,(H,18,23)(H,19,22)/t10-,13+/m1/s1. The summed E-state index contributed by atoms with van der Waals surface area (Å²) in [5.41, 5.74) is -0.551. The number of hydrogen-bond acceptors (Lipinski definition) is 8. The van der Waals surface area contributed by atoms with Gasteiger partial charge in [-0.05, 0) is 57.1 Å². The zero-order chi connectivity index (χ0) is 20.6. The minimum Gasteiger partial charge on any atom is -0.467 e. The molecule has 0 spiro atoms. The van der Waals surface area contributed by atoms with Crippen LogP contribution in [0.2, 0.25) is 0 Å². The Morgan fingerprint density at radius 2 is 1.63 bits per heavy atom. The van der Waals surface area contributed by atoms with Crippen LogP contribution >= 0.6 is 0 Å². The average molecular weight is 381 g/mol. The van der Waals surface area contributed by atoms with E-state index in [4.69, 9.17) is 9.47 Å². The van der Waals surface area contributed by atoms with E-state index < -0.39 is 35.8 Å².